The van der Waals surface area contributed by atoms with Crippen molar-refractivity contribution in [3.8, 4) is 5.88 Å². The van der Waals surface area contributed by atoms with Crippen molar-refractivity contribution in [2.75, 3.05) is 26.4 Å². The lowest BCUT2D eigenvalue weighted by Gasteiger charge is -2.22. The second-order valence-electron chi connectivity index (χ2n) is 6.44. The molecule has 2 atom stereocenters. The standard InChI is InChI=1S/C10H12BrNO2.C5H3BrFN.C5H10O2/c11-8-3-4-12-10(6-8)14-9-2-1-5-13-7-9;6-4-1-2-8-5(7)3-4;6-5-2-1-3-7-4-5/h3-4,6,9H,1-2,5,7H2;1-3H;5-6H,1-4H2. The van der Waals surface area contributed by atoms with E-state index in [1.165, 1.54) is 12.3 Å². The lowest BCUT2D eigenvalue weighted by atomic mass is 10.2. The first-order valence-corrected chi connectivity index (χ1v) is 11.0. The summed E-state index contributed by atoms with van der Waals surface area (Å²) in [7, 11) is 0. The van der Waals surface area contributed by atoms with Crippen LogP contribution in [0.3, 0.4) is 0 Å². The Kier molecular flexibility index (Phi) is 11.6. The Bertz CT molecular complexity index is 697. The molecule has 0 spiro atoms. The summed E-state index contributed by atoms with van der Waals surface area (Å²) < 4.78 is 29.6. The van der Waals surface area contributed by atoms with Crippen LogP contribution in [0.1, 0.15) is 25.7 Å². The van der Waals surface area contributed by atoms with Crippen LogP contribution in [0, 0.1) is 5.95 Å². The van der Waals surface area contributed by atoms with Gasteiger partial charge in [-0.3, -0.25) is 0 Å². The van der Waals surface area contributed by atoms with E-state index in [1.54, 1.807) is 12.3 Å². The normalized spacial score (nSPS) is 21.1. The van der Waals surface area contributed by atoms with Crippen LogP contribution in [-0.2, 0) is 9.47 Å². The zero-order valence-corrected chi connectivity index (χ0v) is 19.1. The molecule has 2 aromatic rings. The van der Waals surface area contributed by atoms with Crippen molar-refractivity contribution in [2.45, 2.75) is 37.9 Å². The summed E-state index contributed by atoms with van der Waals surface area (Å²) in [6.45, 7) is 2.90. The van der Waals surface area contributed by atoms with E-state index in [1.807, 2.05) is 12.1 Å². The number of ether oxygens (including phenoxy) is 3. The summed E-state index contributed by atoms with van der Waals surface area (Å²) in [6, 6.07) is 6.72. The molecule has 0 amide bonds. The molecule has 0 saturated carbocycles. The second kappa shape index (κ2) is 14.0. The minimum atomic E-state index is -0.459. The molecule has 0 radical (unpaired) electrons. The summed E-state index contributed by atoms with van der Waals surface area (Å²) in [5, 5.41) is 8.78. The predicted octanol–water partition coefficient (Wildman–Crippen LogP) is 4.54. The zero-order chi connectivity index (χ0) is 20.9. The molecular weight excluding hydrogens is 511 g/mol. The average molecular weight is 536 g/mol. The van der Waals surface area contributed by atoms with Crippen LogP contribution in [0.2, 0.25) is 0 Å². The summed E-state index contributed by atoms with van der Waals surface area (Å²) >= 11 is 6.46. The number of nitrogens with zero attached hydrogens (tertiary/aromatic N) is 2. The largest absolute Gasteiger partial charge is 0.472 e. The predicted molar refractivity (Wildman–Crippen MR) is 114 cm³/mol. The number of hydrogen-bond acceptors (Lipinski definition) is 6. The highest BCUT2D eigenvalue weighted by Gasteiger charge is 2.15. The molecule has 2 fully saturated rings. The van der Waals surface area contributed by atoms with Gasteiger partial charge in [0.2, 0.25) is 11.8 Å². The van der Waals surface area contributed by atoms with E-state index >= 15 is 0 Å². The van der Waals surface area contributed by atoms with Crippen LogP contribution in [-0.4, -0.2) is 53.7 Å². The Balaban J connectivity index is 0.000000170. The number of pyridine rings is 2. The van der Waals surface area contributed by atoms with Crippen LogP contribution in [0.15, 0.2) is 45.6 Å². The minimum absolute atomic E-state index is 0.158. The molecule has 1 N–H and O–H groups in total. The number of halogens is 3. The van der Waals surface area contributed by atoms with Crippen LogP contribution >= 0.6 is 31.9 Å². The first-order valence-electron chi connectivity index (χ1n) is 9.41. The Labute approximate surface area is 187 Å². The molecule has 6 nitrogen and oxygen atoms in total. The maximum absolute atomic E-state index is 12.0. The fraction of sp³-hybridized carbons (Fsp3) is 0.500. The van der Waals surface area contributed by atoms with Crippen molar-refractivity contribution in [1.82, 2.24) is 9.97 Å². The molecular formula is C20H25Br2FN2O4. The molecule has 2 aromatic heterocycles. The van der Waals surface area contributed by atoms with Crippen molar-refractivity contribution in [3.05, 3.63) is 51.6 Å². The van der Waals surface area contributed by atoms with Crippen LogP contribution in [0.5, 0.6) is 5.88 Å². The van der Waals surface area contributed by atoms with Crippen molar-refractivity contribution in [2.24, 2.45) is 0 Å². The molecule has 2 aliphatic heterocycles. The van der Waals surface area contributed by atoms with Crippen molar-refractivity contribution in [1.29, 1.82) is 0 Å². The van der Waals surface area contributed by atoms with Crippen LogP contribution in [0.25, 0.3) is 0 Å². The molecule has 2 unspecified atom stereocenters. The second-order valence-corrected chi connectivity index (χ2v) is 8.27. The molecule has 2 saturated heterocycles. The first-order chi connectivity index (χ1) is 14.0. The van der Waals surface area contributed by atoms with E-state index in [0.717, 1.165) is 43.4 Å². The Morgan fingerprint density at radius 1 is 0.966 bits per heavy atom. The van der Waals surface area contributed by atoms with Gasteiger partial charge >= 0.3 is 0 Å². The molecule has 4 rings (SSSR count). The molecule has 160 valence electrons. The third kappa shape index (κ3) is 11.0. The highest BCUT2D eigenvalue weighted by atomic mass is 79.9. The Morgan fingerprint density at radius 2 is 1.62 bits per heavy atom. The maximum atomic E-state index is 12.0. The van der Waals surface area contributed by atoms with Gasteiger partial charge in [0.25, 0.3) is 0 Å². The van der Waals surface area contributed by atoms with E-state index in [0.29, 0.717) is 23.6 Å². The van der Waals surface area contributed by atoms with Gasteiger partial charge in [0, 0.05) is 46.7 Å². The lowest BCUT2D eigenvalue weighted by Crippen LogP contribution is -2.28. The molecule has 2 aliphatic rings. The van der Waals surface area contributed by atoms with Crippen LogP contribution < -0.4 is 4.74 Å². The summed E-state index contributed by atoms with van der Waals surface area (Å²) in [5.74, 6) is 0.203. The maximum Gasteiger partial charge on any atom is 0.214 e. The molecule has 0 bridgehead atoms. The fourth-order valence-electron chi connectivity index (χ4n) is 2.53. The highest BCUT2D eigenvalue weighted by Crippen LogP contribution is 2.18. The monoisotopic (exact) mass is 534 g/mol. The van der Waals surface area contributed by atoms with Crippen molar-refractivity contribution < 1.29 is 23.7 Å². The quantitative estimate of drug-likeness (QED) is 0.569. The number of aromatic nitrogens is 2. The van der Waals surface area contributed by atoms with Gasteiger partial charge in [-0.05, 0) is 37.8 Å². The van der Waals surface area contributed by atoms with Gasteiger partial charge in [-0.15, -0.1) is 0 Å². The third-order valence-electron chi connectivity index (χ3n) is 3.93. The SMILES string of the molecule is Brc1ccnc(OC2CCCOC2)c1.Fc1cc(Br)ccn1.OC1CCCOC1. The van der Waals surface area contributed by atoms with E-state index in [2.05, 4.69) is 41.8 Å². The van der Waals surface area contributed by atoms with Gasteiger partial charge in [0.05, 0.1) is 19.3 Å². The molecule has 0 aliphatic carbocycles. The Morgan fingerprint density at radius 3 is 2.07 bits per heavy atom. The van der Waals surface area contributed by atoms with E-state index < -0.39 is 5.95 Å². The van der Waals surface area contributed by atoms with E-state index in [9.17, 15) is 4.39 Å². The van der Waals surface area contributed by atoms with Gasteiger partial charge in [-0.25, -0.2) is 9.97 Å². The van der Waals surface area contributed by atoms with Gasteiger partial charge in [0.1, 0.15) is 6.10 Å². The molecule has 4 heterocycles. The van der Waals surface area contributed by atoms with E-state index in [4.69, 9.17) is 19.3 Å². The lowest BCUT2D eigenvalue weighted by molar-refractivity contribution is -0.00535. The number of hydrogen-bond donors (Lipinski definition) is 1. The van der Waals surface area contributed by atoms with E-state index in [-0.39, 0.29) is 12.2 Å². The fourth-order valence-corrected chi connectivity index (χ4v) is 3.15. The van der Waals surface area contributed by atoms with Gasteiger partial charge in [-0.2, -0.15) is 4.39 Å². The van der Waals surface area contributed by atoms with Crippen LogP contribution in [0.4, 0.5) is 4.39 Å². The molecule has 29 heavy (non-hydrogen) atoms. The molecule has 0 aromatic carbocycles. The van der Waals surface area contributed by atoms with Gasteiger partial charge < -0.3 is 19.3 Å². The summed E-state index contributed by atoms with van der Waals surface area (Å²) in [6.07, 6.45) is 7.15. The highest BCUT2D eigenvalue weighted by molar-refractivity contribution is 9.10. The Hall–Kier alpha value is -1.13. The number of rotatable bonds is 2. The minimum Gasteiger partial charge on any atom is -0.472 e. The number of aliphatic hydroxyl groups is 1. The number of aliphatic hydroxyl groups excluding tert-OH is 1. The first kappa shape index (κ1) is 24.1. The van der Waals surface area contributed by atoms with Crippen molar-refractivity contribution in [3.63, 3.8) is 0 Å². The zero-order valence-electron chi connectivity index (χ0n) is 16.0. The van der Waals surface area contributed by atoms with Gasteiger partial charge in [0.15, 0.2) is 0 Å². The van der Waals surface area contributed by atoms with Crippen molar-refractivity contribution >= 4 is 31.9 Å². The third-order valence-corrected chi connectivity index (χ3v) is 4.91. The topological polar surface area (TPSA) is 73.7 Å². The smallest absolute Gasteiger partial charge is 0.214 e. The molecule has 9 heteroatoms. The summed E-state index contributed by atoms with van der Waals surface area (Å²) in [5.41, 5.74) is 0. The van der Waals surface area contributed by atoms with Gasteiger partial charge in [-0.1, -0.05) is 31.9 Å². The summed E-state index contributed by atoms with van der Waals surface area (Å²) in [4.78, 5) is 7.47. The average Bonchev–Trinajstić information content (AvgIpc) is 2.70.